The Labute approximate surface area is 203 Å². The molecule has 0 fully saturated rings. The topological polar surface area (TPSA) is 48.0 Å². The van der Waals surface area contributed by atoms with E-state index in [1.54, 1.807) is 0 Å². The summed E-state index contributed by atoms with van der Waals surface area (Å²) < 4.78 is 3.99. The van der Waals surface area contributed by atoms with E-state index in [2.05, 4.69) is 53.5 Å². The highest BCUT2D eigenvalue weighted by molar-refractivity contribution is 5.97. The second-order valence-electron chi connectivity index (χ2n) is 8.27. The maximum absolute atomic E-state index is 4.96. The molecule has 0 atom stereocenters. The zero-order valence-electron chi connectivity index (χ0n) is 19.1. The van der Waals surface area contributed by atoms with Crippen LogP contribution in [0, 0.1) is 0 Å². The van der Waals surface area contributed by atoms with Gasteiger partial charge in [-0.15, -0.1) is 0 Å². The van der Waals surface area contributed by atoms with Crippen molar-refractivity contribution in [3.8, 4) is 22.5 Å². The van der Waals surface area contributed by atoms with Gasteiger partial charge in [0, 0.05) is 22.7 Å². The number of aromatic nitrogens is 4. The maximum atomic E-state index is 4.96. The Bertz CT molecular complexity index is 1540. The van der Waals surface area contributed by atoms with E-state index in [1.165, 1.54) is 0 Å². The van der Waals surface area contributed by atoms with Gasteiger partial charge in [0.2, 0.25) is 0 Å². The number of fused-ring (bicyclic) bond motifs is 1. The number of para-hydroxylation sites is 1. The Kier molecular flexibility index (Phi) is 5.49. The Morgan fingerprint density at radius 3 is 1.94 bits per heavy atom. The summed E-state index contributed by atoms with van der Waals surface area (Å²) in [5.41, 5.74) is 7.11. The van der Waals surface area contributed by atoms with Crippen LogP contribution in [-0.4, -0.2) is 25.7 Å². The molecule has 0 spiro atoms. The van der Waals surface area contributed by atoms with Crippen LogP contribution in [0.1, 0.15) is 11.4 Å². The average molecular weight is 454 g/mol. The first-order valence-electron chi connectivity index (χ1n) is 11.6. The first-order valence-corrected chi connectivity index (χ1v) is 11.6. The fourth-order valence-corrected chi connectivity index (χ4v) is 4.33. The summed E-state index contributed by atoms with van der Waals surface area (Å²) in [6.45, 7) is 0.600. The minimum absolute atomic E-state index is 0.600. The number of nitrogens with zero attached hydrogens (tertiary/aromatic N) is 5. The molecule has 0 amide bonds. The van der Waals surface area contributed by atoms with Gasteiger partial charge < -0.3 is 0 Å². The summed E-state index contributed by atoms with van der Waals surface area (Å²) in [6, 6.07) is 39.1. The molecular weight excluding hydrogens is 430 g/mol. The number of hydrogen-bond donors (Lipinski definition) is 0. The minimum atomic E-state index is 0.600. The maximum Gasteiger partial charge on any atom is 0.113 e. The van der Waals surface area contributed by atoms with Crippen LogP contribution in [0.25, 0.3) is 33.4 Å². The third-order valence-corrected chi connectivity index (χ3v) is 6.01. The molecule has 35 heavy (non-hydrogen) atoms. The van der Waals surface area contributed by atoms with Crippen molar-refractivity contribution >= 4 is 17.1 Å². The van der Waals surface area contributed by atoms with Gasteiger partial charge in [0.05, 0.1) is 35.4 Å². The summed E-state index contributed by atoms with van der Waals surface area (Å²) in [7, 11) is 0. The molecule has 5 nitrogen and oxygen atoms in total. The van der Waals surface area contributed by atoms with Gasteiger partial charge in [-0.05, 0) is 30.3 Å². The Morgan fingerprint density at radius 2 is 1.29 bits per heavy atom. The lowest BCUT2D eigenvalue weighted by molar-refractivity contribution is 0.694. The van der Waals surface area contributed by atoms with E-state index in [-0.39, 0.29) is 0 Å². The standard InChI is InChI=1S/C30H23N5/c1-3-11-23(12-4-1)28-18-19-29(24-13-5-2-6-14-24)35(28)32-21-27-26-16-7-8-17-30(26)34(33-27)22-25-15-9-10-20-31-25/h1-21H,22H2/b32-21+. The monoisotopic (exact) mass is 453 g/mol. The molecule has 0 N–H and O–H groups in total. The lowest BCUT2D eigenvalue weighted by Crippen LogP contribution is -2.04. The van der Waals surface area contributed by atoms with Crippen LogP contribution in [0.5, 0.6) is 0 Å². The van der Waals surface area contributed by atoms with E-state index in [9.17, 15) is 0 Å². The molecular formula is C30H23N5. The van der Waals surface area contributed by atoms with Crippen LogP contribution < -0.4 is 0 Å². The van der Waals surface area contributed by atoms with Gasteiger partial charge in [-0.2, -0.15) is 10.2 Å². The van der Waals surface area contributed by atoms with E-state index < -0.39 is 0 Å². The van der Waals surface area contributed by atoms with Crippen molar-refractivity contribution in [2.45, 2.75) is 6.54 Å². The van der Waals surface area contributed by atoms with Crippen LogP contribution in [0.15, 0.2) is 127 Å². The Hall–Kier alpha value is -4.77. The van der Waals surface area contributed by atoms with E-state index in [1.807, 2.05) is 88.5 Å². The molecule has 0 unspecified atom stereocenters. The third kappa shape index (κ3) is 4.15. The predicted octanol–water partition coefficient (Wildman–Crippen LogP) is 6.50. The summed E-state index contributed by atoms with van der Waals surface area (Å²) in [6.07, 6.45) is 3.67. The van der Waals surface area contributed by atoms with Crippen LogP contribution >= 0.6 is 0 Å². The smallest absolute Gasteiger partial charge is 0.113 e. The normalized spacial score (nSPS) is 11.4. The fraction of sp³-hybridized carbons (Fsp3) is 0.0333. The molecule has 0 saturated carbocycles. The summed E-state index contributed by atoms with van der Waals surface area (Å²) in [5, 5.41) is 10.9. The number of pyridine rings is 1. The first-order chi connectivity index (χ1) is 17.4. The summed E-state index contributed by atoms with van der Waals surface area (Å²) in [5.74, 6) is 0. The molecule has 0 aliphatic carbocycles. The van der Waals surface area contributed by atoms with Crippen LogP contribution in [0.3, 0.4) is 0 Å². The summed E-state index contributed by atoms with van der Waals surface area (Å²) in [4.78, 5) is 4.47. The molecule has 6 rings (SSSR count). The molecule has 3 heterocycles. The van der Waals surface area contributed by atoms with Gasteiger partial charge in [-0.25, -0.2) is 4.68 Å². The predicted molar refractivity (Wildman–Crippen MR) is 141 cm³/mol. The number of benzene rings is 3. The van der Waals surface area contributed by atoms with Crippen molar-refractivity contribution in [3.05, 3.63) is 133 Å². The van der Waals surface area contributed by atoms with Crippen molar-refractivity contribution in [3.63, 3.8) is 0 Å². The number of rotatable bonds is 6. The molecule has 3 aromatic heterocycles. The molecule has 5 heteroatoms. The summed E-state index contributed by atoms with van der Waals surface area (Å²) >= 11 is 0. The van der Waals surface area contributed by atoms with Crippen molar-refractivity contribution < 1.29 is 0 Å². The van der Waals surface area contributed by atoms with Crippen LogP contribution in [-0.2, 0) is 6.54 Å². The molecule has 0 aliphatic rings. The van der Waals surface area contributed by atoms with Gasteiger partial charge in [0.1, 0.15) is 5.69 Å². The average Bonchev–Trinajstić information content (AvgIpc) is 3.51. The first kappa shape index (κ1) is 20.8. The highest BCUT2D eigenvalue weighted by Gasteiger charge is 2.13. The minimum Gasteiger partial charge on any atom is -0.259 e. The van der Waals surface area contributed by atoms with Gasteiger partial charge in [0.25, 0.3) is 0 Å². The lowest BCUT2D eigenvalue weighted by atomic mass is 10.2. The van der Waals surface area contributed by atoms with E-state index in [4.69, 9.17) is 10.2 Å². The molecule has 168 valence electrons. The lowest BCUT2D eigenvalue weighted by Gasteiger charge is -2.08. The SMILES string of the molecule is C(=N\n1c(-c2ccccc2)ccc1-c1ccccc1)/c1nn(Cc2ccccn2)c2ccccc12. The van der Waals surface area contributed by atoms with Crippen molar-refractivity contribution in [2.75, 3.05) is 0 Å². The molecule has 0 radical (unpaired) electrons. The molecule has 0 aliphatic heterocycles. The Balaban J connectivity index is 1.45. The van der Waals surface area contributed by atoms with Gasteiger partial charge in [-0.1, -0.05) is 84.9 Å². The van der Waals surface area contributed by atoms with E-state index in [0.717, 1.165) is 44.8 Å². The molecule has 0 bridgehead atoms. The van der Waals surface area contributed by atoms with Crippen LogP contribution in [0.2, 0.25) is 0 Å². The van der Waals surface area contributed by atoms with E-state index >= 15 is 0 Å². The van der Waals surface area contributed by atoms with Crippen LogP contribution in [0.4, 0.5) is 0 Å². The fourth-order valence-electron chi connectivity index (χ4n) is 4.33. The molecule has 6 aromatic rings. The van der Waals surface area contributed by atoms with Crippen molar-refractivity contribution in [1.29, 1.82) is 0 Å². The molecule has 3 aromatic carbocycles. The second-order valence-corrected chi connectivity index (χ2v) is 8.27. The Morgan fingerprint density at radius 1 is 0.657 bits per heavy atom. The van der Waals surface area contributed by atoms with Crippen molar-refractivity contribution in [2.24, 2.45) is 5.10 Å². The molecule has 0 saturated heterocycles. The quantitative estimate of drug-likeness (QED) is 0.270. The largest absolute Gasteiger partial charge is 0.259 e. The highest BCUT2D eigenvalue weighted by Crippen LogP contribution is 2.29. The highest BCUT2D eigenvalue weighted by atomic mass is 15.4. The van der Waals surface area contributed by atoms with Gasteiger partial charge in [-0.3, -0.25) is 9.67 Å². The van der Waals surface area contributed by atoms with Crippen molar-refractivity contribution in [1.82, 2.24) is 19.4 Å². The van der Waals surface area contributed by atoms with E-state index in [0.29, 0.717) is 6.54 Å². The van der Waals surface area contributed by atoms with Gasteiger partial charge in [0.15, 0.2) is 0 Å². The third-order valence-electron chi connectivity index (χ3n) is 6.01. The van der Waals surface area contributed by atoms with Gasteiger partial charge >= 0.3 is 0 Å². The second kappa shape index (κ2) is 9.23. The number of hydrogen-bond acceptors (Lipinski definition) is 3. The zero-order chi connectivity index (χ0) is 23.5. The zero-order valence-corrected chi connectivity index (χ0v) is 19.1.